The molecule has 1 amide bonds. The summed E-state index contributed by atoms with van der Waals surface area (Å²) in [5.41, 5.74) is 1.27. The van der Waals surface area contributed by atoms with Crippen molar-refractivity contribution in [2.45, 2.75) is 39.0 Å². The monoisotopic (exact) mass is 219 g/mol. The summed E-state index contributed by atoms with van der Waals surface area (Å²) < 4.78 is 0. The molecule has 1 aromatic rings. The Bertz CT molecular complexity index is 295. The minimum Gasteiger partial charge on any atom is -0.356 e. The highest BCUT2D eigenvalue weighted by molar-refractivity contribution is 5.75. The molecule has 0 aliphatic heterocycles. The van der Waals surface area contributed by atoms with Gasteiger partial charge in [0.1, 0.15) is 0 Å². The van der Waals surface area contributed by atoms with Gasteiger partial charge in [-0.2, -0.15) is 0 Å². The van der Waals surface area contributed by atoms with Crippen molar-refractivity contribution in [1.82, 2.24) is 5.32 Å². The fourth-order valence-corrected chi connectivity index (χ4v) is 1.61. The molecule has 0 saturated carbocycles. The van der Waals surface area contributed by atoms with E-state index in [2.05, 4.69) is 24.4 Å². The van der Waals surface area contributed by atoms with E-state index in [4.69, 9.17) is 0 Å². The van der Waals surface area contributed by atoms with Crippen molar-refractivity contribution in [3.8, 4) is 0 Å². The van der Waals surface area contributed by atoms with Crippen LogP contribution in [-0.4, -0.2) is 12.5 Å². The van der Waals surface area contributed by atoms with E-state index in [0.717, 1.165) is 32.2 Å². The van der Waals surface area contributed by atoms with Crippen LogP contribution in [0.25, 0.3) is 0 Å². The summed E-state index contributed by atoms with van der Waals surface area (Å²) in [6, 6.07) is 10.2. The molecule has 0 saturated heterocycles. The van der Waals surface area contributed by atoms with E-state index in [0.29, 0.717) is 6.42 Å². The summed E-state index contributed by atoms with van der Waals surface area (Å²) in [4.78, 5) is 11.4. The molecule has 0 radical (unpaired) electrons. The molecule has 0 aromatic heterocycles. The molecule has 2 nitrogen and oxygen atoms in total. The molecule has 0 heterocycles. The van der Waals surface area contributed by atoms with Gasteiger partial charge in [-0.25, -0.2) is 0 Å². The van der Waals surface area contributed by atoms with Crippen molar-refractivity contribution >= 4 is 5.91 Å². The summed E-state index contributed by atoms with van der Waals surface area (Å²) in [5, 5.41) is 2.95. The maximum atomic E-state index is 11.4. The lowest BCUT2D eigenvalue weighted by atomic mass is 10.1. The van der Waals surface area contributed by atoms with E-state index in [1.54, 1.807) is 0 Å². The van der Waals surface area contributed by atoms with Crippen LogP contribution in [0.2, 0.25) is 0 Å². The van der Waals surface area contributed by atoms with Crippen LogP contribution < -0.4 is 5.32 Å². The molecular formula is C14H21NO. The summed E-state index contributed by atoms with van der Waals surface area (Å²) in [5.74, 6) is 0.185. The number of rotatable bonds is 7. The van der Waals surface area contributed by atoms with Gasteiger partial charge in [-0.1, -0.05) is 50.1 Å². The fourth-order valence-electron chi connectivity index (χ4n) is 1.61. The number of nitrogens with one attached hydrogen (secondary N) is 1. The molecule has 1 rings (SSSR count). The Morgan fingerprint density at radius 2 is 1.94 bits per heavy atom. The topological polar surface area (TPSA) is 29.1 Å². The standard InChI is InChI=1S/C14H21NO/c1-2-3-5-10-14(16)15-12-11-13-8-6-4-7-9-13/h4,6-9H,2-3,5,10-12H2,1H3,(H,15,16). The number of benzene rings is 1. The van der Waals surface area contributed by atoms with Gasteiger partial charge in [-0.15, -0.1) is 0 Å². The van der Waals surface area contributed by atoms with E-state index in [1.165, 1.54) is 5.56 Å². The zero-order valence-electron chi connectivity index (χ0n) is 10.0. The van der Waals surface area contributed by atoms with Crippen LogP contribution in [-0.2, 0) is 11.2 Å². The third-order valence-electron chi connectivity index (χ3n) is 2.59. The fraction of sp³-hybridized carbons (Fsp3) is 0.500. The highest BCUT2D eigenvalue weighted by atomic mass is 16.1. The van der Waals surface area contributed by atoms with Gasteiger partial charge in [0.05, 0.1) is 0 Å². The minimum atomic E-state index is 0.185. The van der Waals surface area contributed by atoms with E-state index in [-0.39, 0.29) is 5.91 Å². The summed E-state index contributed by atoms with van der Waals surface area (Å²) >= 11 is 0. The van der Waals surface area contributed by atoms with Crippen molar-refractivity contribution in [2.75, 3.05) is 6.54 Å². The predicted molar refractivity (Wildman–Crippen MR) is 67.3 cm³/mol. The van der Waals surface area contributed by atoms with Crippen molar-refractivity contribution < 1.29 is 4.79 Å². The average molecular weight is 219 g/mol. The van der Waals surface area contributed by atoms with Gasteiger partial charge in [-0.3, -0.25) is 4.79 Å². The number of hydrogen-bond acceptors (Lipinski definition) is 1. The zero-order valence-corrected chi connectivity index (χ0v) is 10.0. The Morgan fingerprint density at radius 1 is 1.19 bits per heavy atom. The van der Waals surface area contributed by atoms with Crippen LogP contribution in [0, 0.1) is 0 Å². The molecule has 0 aliphatic carbocycles. The van der Waals surface area contributed by atoms with Gasteiger partial charge >= 0.3 is 0 Å². The van der Waals surface area contributed by atoms with E-state index < -0.39 is 0 Å². The molecule has 1 aromatic carbocycles. The summed E-state index contributed by atoms with van der Waals surface area (Å²) in [7, 11) is 0. The maximum absolute atomic E-state index is 11.4. The quantitative estimate of drug-likeness (QED) is 0.702. The van der Waals surface area contributed by atoms with Gasteiger partial charge in [0, 0.05) is 13.0 Å². The third-order valence-corrected chi connectivity index (χ3v) is 2.59. The van der Waals surface area contributed by atoms with Crippen LogP contribution in [0.1, 0.15) is 38.2 Å². The minimum absolute atomic E-state index is 0.185. The van der Waals surface area contributed by atoms with Crippen molar-refractivity contribution in [3.05, 3.63) is 35.9 Å². The Kier molecular flexibility index (Phi) is 6.31. The molecule has 0 unspecified atom stereocenters. The average Bonchev–Trinajstić information content (AvgIpc) is 2.31. The molecule has 0 aliphatic rings. The van der Waals surface area contributed by atoms with Crippen LogP contribution in [0.5, 0.6) is 0 Å². The van der Waals surface area contributed by atoms with E-state index >= 15 is 0 Å². The molecular weight excluding hydrogens is 198 g/mol. The second kappa shape index (κ2) is 7.91. The molecule has 0 bridgehead atoms. The highest BCUT2D eigenvalue weighted by Gasteiger charge is 1.99. The molecule has 88 valence electrons. The first-order valence-corrected chi connectivity index (χ1v) is 6.13. The van der Waals surface area contributed by atoms with Crippen molar-refractivity contribution in [1.29, 1.82) is 0 Å². The smallest absolute Gasteiger partial charge is 0.220 e. The van der Waals surface area contributed by atoms with Crippen LogP contribution >= 0.6 is 0 Å². The first-order chi connectivity index (χ1) is 7.83. The Balaban J connectivity index is 2.09. The Labute approximate surface area is 98.1 Å². The molecule has 2 heteroatoms. The highest BCUT2D eigenvalue weighted by Crippen LogP contribution is 2.00. The van der Waals surface area contributed by atoms with Gasteiger partial charge in [0.15, 0.2) is 0 Å². The summed E-state index contributed by atoms with van der Waals surface area (Å²) in [6.07, 6.45) is 4.90. The first-order valence-electron chi connectivity index (χ1n) is 6.13. The van der Waals surface area contributed by atoms with Crippen LogP contribution in [0.3, 0.4) is 0 Å². The molecule has 0 fully saturated rings. The normalized spacial score (nSPS) is 10.1. The lowest BCUT2D eigenvalue weighted by Crippen LogP contribution is -2.25. The van der Waals surface area contributed by atoms with Crippen LogP contribution in [0.15, 0.2) is 30.3 Å². The van der Waals surface area contributed by atoms with Gasteiger partial charge in [-0.05, 0) is 18.4 Å². The lowest BCUT2D eigenvalue weighted by molar-refractivity contribution is -0.121. The number of unbranched alkanes of at least 4 members (excludes halogenated alkanes) is 2. The van der Waals surface area contributed by atoms with Gasteiger partial charge < -0.3 is 5.32 Å². The number of hydrogen-bond donors (Lipinski definition) is 1. The number of amides is 1. The Morgan fingerprint density at radius 3 is 2.62 bits per heavy atom. The third kappa shape index (κ3) is 5.54. The molecule has 0 spiro atoms. The van der Waals surface area contributed by atoms with Crippen molar-refractivity contribution in [2.24, 2.45) is 0 Å². The predicted octanol–water partition coefficient (Wildman–Crippen LogP) is 2.93. The number of carbonyl (C=O) groups is 1. The second-order valence-corrected chi connectivity index (χ2v) is 4.04. The Hall–Kier alpha value is -1.31. The molecule has 0 atom stereocenters. The lowest BCUT2D eigenvalue weighted by Gasteiger charge is -2.04. The first kappa shape index (κ1) is 12.8. The maximum Gasteiger partial charge on any atom is 0.220 e. The van der Waals surface area contributed by atoms with Crippen LogP contribution in [0.4, 0.5) is 0 Å². The van der Waals surface area contributed by atoms with E-state index in [9.17, 15) is 4.79 Å². The molecule has 1 N–H and O–H groups in total. The number of carbonyl (C=O) groups excluding carboxylic acids is 1. The molecule has 16 heavy (non-hydrogen) atoms. The second-order valence-electron chi connectivity index (χ2n) is 4.04. The van der Waals surface area contributed by atoms with Crippen molar-refractivity contribution in [3.63, 3.8) is 0 Å². The SMILES string of the molecule is CCCCCC(=O)NCCc1ccccc1. The largest absolute Gasteiger partial charge is 0.356 e. The van der Waals surface area contributed by atoms with Gasteiger partial charge in [0.2, 0.25) is 5.91 Å². The zero-order chi connectivity index (χ0) is 11.6. The summed E-state index contributed by atoms with van der Waals surface area (Å²) in [6.45, 7) is 2.89. The van der Waals surface area contributed by atoms with E-state index in [1.807, 2.05) is 18.2 Å². The van der Waals surface area contributed by atoms with Gasteiger partial charge in [0.25, 0.3) is 0 Å².